The number of aliphatic hydroxyl groups is 2. The second kappa shape index (κ2) is 3.83. The van der Waals surface area contributed by atoms with Crippen molar-refractivity contribution in [3.63, 3.8) is 0 Å². The molecule has 2 rings (SSSR count). The van der Waals surface area contributed by atoms with Crippen molar-refractivity contribution < 1.29 is 24.5 Å². The molecular formula is C11H19NO5. The minimum absolute atomic E-state index is 0.151. The van der Waals surface area contributed by atoms with Gasteiger partial charge < -0.3 is 24.6 Å². The Morgan fingerprint density at radius 3 is 2.59 bits per heavy atom. The van der Waals surface area contributed by atoms with Crippen LogP contribution in [0.3, 0.4) is 0 Å². The van der Waals surface area contributed by atoms with E-state index < -0.39 is 29.5 Å². The Labute approximate surface area is 100 Å². The molecule has 0 aromatic heterocycles. The van der Waals surface area contributed by atoms with Gasteiger partial charge in [-0.25, -0.2) is 4.79 Å². The van der Waals surface area contributed by atoms with Gasteiger partial charge in [0.15, 0.2) is 5.79 Å². The molecule has 6 nitrogen and oxygen atoms in total. The first-order chi connectivity index (χ1) is 7.70. The molecule has 2 heterocycles. The molecule has 6 heteroatoms. The summed E-state index contributed by atoms with van der Waals surface area (Å²) < 4.78 is 10.5. The van der Waals surface area contributed by atoms with E-state index in [1.54, 1.807) is 20.8 Å². The van der Waals surface area contributed by atoms with E-state index in [1.807, 2.05) is 0 Å². The largest absolute Gasteiger partial charge is 0.444 e. The summed E-state index contributed by atoms with van der Waals surface area (Å²) >= 11 is 0. The van der Waals surface area contributed by atoms with Crippen molar-refractivity contribution in [2.45, 2.75) is 38.3 Å². The highest BCUT2D eigenvalue weighted by molar-refractivity contribution is 5.68. The number of piperidine rings is 1. The minimum atomic E-state index is -1.82. The van der Waals surface area contributed by atoms with Crippen LogP contribution in [0.25, 0.3) is 0 Å². The lowest BCUT2D eigenvalue weighted by molar-refractivity contribution is -0.231. The second-order valence-electron chi connectivity index (χ2n) is 5.69. The van der Waals surface area contributed by atoms with Gasteiger partial charge >= 0.3 is 6.09 Å². The van der Waals surface area contributed by atoms with Crippen LogP contribution in [-0.2, 0) is 9.47 Å². The van der Waals surface area contributed by atoms with Crippen molar-refractivity contribution in [3.05, 3.63) is 0 Å². The van der Waals surface area contributed by atoms with Crippen molar-refractivity contribution in [1.29, 1.82) is 0 Å². The van der Waals surface area contributed by atoms with Crippen LogP contribution in [0.5, 0.6) is 0 Å². The van der Waals surface area contributed by atoms with Crippen LogP contribution in [0.2, 0.25) is 0 Å². The van der Waals surface area contributed by atoms with Gasteiger partial charge in [0, 0.05) is 6.54 Å². The lowest BCUT2D eigenvalue weighted by Crippen LogP contribution is -2.59. The molecule has 0 saturated carbocycles. The highest BCUT2D eigenvalue weighted by Gasteiger charge is 2.54. The normalized spacial score (nSPS) is 31.5. The van der Waals surface area contributed by atoms with E-state index in [2.05, 4.69) is 0 Å². The van der Waals surface area contributed by atoms with Crippen LogP contribution in [0.4, 0.5) is 4.79 Å². The number of hydrogen-bond donors (Lipinski definition) is 2. The van der Waals surface area contributed by atoms with Crippen LogP contribution >= 0.6 is 0 Å². The monoisotopic (exact) mass is 245 g/mol. The van der Waals surface area contributed by atoms with Gasteiger partial charge in [0.25, 0.3) is 0 Å². The summed E-state index contributed by atoms with van der Waals surface area (Å²) in [6.07, 6.45) is -1.18. The Kier molecular flexibility index (Phi) is 2.84. The van der Waals surface area contributed by atoms with Crippen LogP contribution in [0.15, 0.2) is 0 Å². The summed E-state index contributed by atoms with van der Waals surface area (Å²) in [5, 5.41) is 19.5. The zero-order chi connectivity index (χ0) is 12.8. The van der Waals surface area contributed by atoms with Gasteiger partial charge in [-0.2, -0.15) is 0 Å². The first kappa shape index (κ1) is 12.6. The van der Waals surface area contributed by atoms with Crippen LogP contribution in [-0.4, -0.2) is 58.4 Å². The topological polar surface area (TPSA) is 79.2 Å². The maximum absolute atomic E-state index is 11.8. The lowest BCUT2D eigenvalue weighted by Gasteiger charge is -2.39. The fraction of sp³-hybridized carbons (Fsp3) is 0.909. The minimum Gasteiger partial charge on any atom is -0.444 e. The highest BCUT2D eigenvalue weighted by atomic mass is 16.6. The van der Waals surface area contributed by atoms with Gasteiger partial charge in [-0.1, -0.05) is 0 Å². The zero-order valence-electron chi connectivity index (χ0n) is 10.3. The molecule has 98 valence electrons. The maximum atomic E-state index is 11.8. The number of amides is 1. The summed E-state index contributed by atoms with van der Waals surface area (Å²) in [5.41, 5.74) is -0.552. The van der Waals surface area contributed by atoms with Gasteiger partial charge in [0.2, 0.25) is 0 Å². The average Bonchev–Trinajstić information content (AvgIpc) is 2.37. The molecule has 2 fully saturated rings. The predicted molar refractivity (Wildman–Crippen MR) is 58.2 cm³/mol. The molecule has 0 aromatic carbocycles. The van der Waals surface area contributed by atoms with Crippen LogP contribution in [0.1, 0.15) is 20.8 Å². The zero-order valence-corrected chi connectivity index (χ0v) is 10.3. The third-order valence-electron chi connectivity index (χ3n) is 3.05. The van der Waals surface area contributed by atoms with Crippen LogP contribution < -0.4 is 0 Å². The van der Waals surface area contributed by atoms with Crippen molar-refractivity contribution in [3.8, 4) is 0 Å². The molecule has 0 aromatic rings. The van der Waals surface area contributed by atoms with Gasteiger partial charge in [-0.3, -0.25) is 0 Å². The summed E-state index contributed by atoms with van der Waals surface area (Å²) in [5.74, 6) is -2.29. The third kappa shape index (κ3) is 2.38. The van der Waals surface area contributed by atoms with E-state index in [0.717, 1.165) is 0 Å². The highest BCUT2D eigenvalue weighted by Crippen LogP contribution is 2.35. The van der Waals surface area contributed by atoms with Crippen LogP contribution in [0, 0.1) is 5.92 Å². The first-order valence-electron chi connectivity index (χ1n) is 5.74. The molecule has 2 aliphatic heterocycles. The molecule has 2 saturated heterocycles. The van der Waals surface area contributed by atoms with Crippen molar-refractivity contribution in [2.24, 2.45) is 5.92 Å². The number of carbonyl (C=O) groups excluding carboxylic acids is 1. The SMILES string of the molecule is CC(C)(C)OC(=O)N1CC2COC(C1)C2(O)O. The fourth-order valence-electron chi connectivity index (χ4n) is 2.13. The Hall–Kier alpha value is -0.850. The molecule has 0 radical (unpaired) electrons. The lowest BCUT2D eigenvalue weighted by atomic mass is 9.93. The van der Waals surface area contributed by atoms with Gasteiger partial charge in [-0.15, -0.1) is 0 Å². The molecule has 2 aliphatic rings. The van der Waals surface area contributed by atoms with E-state index in [1.165, 1.54) is 4.90 Å². The smallest absolute Gasteiger partial charge is 0.410 e. The average molecular weight is 245 g/mol. The van der Waals surface area contributed by atoms with Gasteiger partial charge in [0.05, 0.1) is 19.1 Å². The Morgan fingerprint density at radius 1 is 1.41 bits per heavy atom. The van der Waals surface area contributed by atoms with Crippen molar-refractivity contribution in [1.82, 2.24) is 4.90 Å². The summed E-state index contributed by atoms with van der Waals surface area (Å²) in [7, 11) is 0. The molecule has 0 spiro atoms. The number of rotatable bonds is 0. The summed E-state index contributed by atoms with van der Waals surface area (Å²) in [6, 6.07) is 0. The van der Waals surface area contributed by atoms with E-state index >= 15 is 0 Å². The third-order valence-corrected chi connectivity index (χ3v) is 3.05. The predicted octanol–water partition coefficient (Wildman–Crippen LogP) is -0.0670. The van der Waals surface area contributed by atoms with E-state index in [-0.39, 0.29) is 19.7 Å². The number of ether oxygens (including phenoxy) is 2. The molecule has 2 atom stereocenters. The van der Waals surface area contributed by atoms with E-state index in [4.69, 9.17) is 9.47 Å². The molecular weight excluding hydrogens is 226 g/mol. The maximum Gasteiger partial charge on any atom is 0.410 e. The molecule has 2 bridgehead atoms. The van der Waals surface area contributed by atoms with E-state index in [9.17, 15) is 15.0 Å². The molecule has 1 amide bonds. The fourth-order valence-corrected chi connectivity index (χ4v) is 2.13. The molecule has 2 N–H and O–H groups in total. The number of nitrogens with zero attached hydrogens (tertiary/aromatic N) is 1. The Balaban J connectivity index is 2.01. The quantitative estimate of drug-likeness (QED) is 0.584. The second-order valence-corrected chi connectivity index (χ2v) is 5.69. The molecule has 2 unspecified atom stereocenters. The summed E-state index contributed by atoms with van der Waals surface area (Å²) in [4.78, 5) is 13.3. The number of hydrogen-bond acceptors (Lipinski definition) is 5. The van der Waals surface area contributed by atoms with Gasteiger partial charge in [0.1, 0.15) is 11.7 Å². The Bertz CT molecular complexity index is 306. The number of likely N-dealkylation sites (tertiary alicyclic amines) is 1. The van der Waals surface area contributed by atoms with Crippen molar-refractivity contribution in [2.75, 3.05) is 19.7 Å². The number of carbonyl (C=O) groups is 1. The molecule has 17 heavy (non-hydrogen) atoms. The standard InChI is InChI=1S/C11H19NO5/c1-10(2,3)17-9(13)12-4-7-6-16-8(5-12)11(7,14)15/h7-8,14-15H,4-6H2,1-3H3. The Morgan fingerprint density at radius 2 is 2.06 bits per heavy atom. The summed E-state index contributed by atoms with van der Waals surface area (Å²) in [6.45, 7) is 6.04. The number of fused-ring (bicyclic) bond motifs is 2. The van der Waals surface area contributed by atoms with Crippen molar-refractivity contribution >= 4 is 6.09 Å². The van der Waals surface area contributed by atoms with E-state index in [0.29, 0.717) is 0 Å². The first-order valence-corrected chi connectivity index (χ1v) is 5.74. The molecule has 0 aliphatic carbocycles. The van der Waals surface area contributed by atoms with Gasteiger partial charge in [-0.05, 0) is 20.8 Å².